The van der Waals surface area contributed by atoms with E-state index in [0.717, 1.165) is 22.8 Å². The number of nitrogens with zero attached hydrogens (tertiary/aromatic N) is 5. The largest absolute Gasteiger partial charge is 0.391 e. The Hall–Kier alpha value is -4.38. The Morgan fingerprint density at radius 2 is 1.88 bits per heavy atom. The van der Waals surface area contributed by atoms with Crippen LogP contribution in [0.15, 0.2) is 53.7 Å². The van der Waals surface area contributed by atoms with Gasteiger partial charge in [-0.1, -0.05) is 25.0 Å². The summed E-state index contributed by atoms with van der Waals surface area (Å²) >= 11 is 0. The fraction of sp³-hybridized carbons (Fsp3) is 0.310. The van der Waals surface area contributed by atoms with Gasteiger partial charge in [0.1, 0.15) is 11.6 Å². The molecule has 2 aromatic carbocycles. The molecule has 3 heterocycles. The number of nitrogens with one attached hydrogen (secondary N) is 1. The number of aliphatic hydroxyl groups excluding tert-OH is 1. The maximum Gasteiger partial charge on any atom is 0.334 e. The standard InChI is InChI=1S/C29H28F2N6O3/c1-16-12-37-27(32-16)21(28(39)33-25-7-3-4-9-26(25)38)15-36(29(37)40)14-20-22(30)10-17(11-23(20)31)18-6-5-8-24-19(18)13-35(2)34-24/h5-6,8,10-13,15,25-26,38H,3-4,7,9,14H2,1-2H3,(H,33,39)/t25-,26-/m0/s1. The average Bonchev–Trinajstić information content (AvgIpc) is 3.50. The third-order valence-corrected chi connectivity index (χ3v) is 7.54. The Morgan fingerprint density at radius 1 is 1.12 bits per heavy atom. The summed E-state index contributed by atoms with van der Waals surface area (Å²) in [7, 11) is 1.77. The van der Waals surface area contributed by atoms with Gasteiger partial charge in [-0.2, -0.15) is 5.10 Å². The molecule has 6 rings (SSSR count). The second-order valence-electron chi connectivity index (χ2n) is 10.4. The third-order valence-electron chi connectivity index (χ3n) is 7.54. The maximum atomic E-state index is 15.4. The number of fused-ring (bicyclic) bond motifs is 2. The molecule has 0 radical (unpaired) electrons. The number of hydrogen-bond acceptors (Lipinski definition) is 5. The van der Waals surface area contributed by atoms with Crippen LogP contribution in [-0.2, 0) is 13.6 Å². The molecule has 1 fully saturated rings. The Morgan fingerprint density at radius 3 is 2.62 bits per heavy atom. The fourth-order valence-corrected chi connectivity index (χ4v) is 5.53. The van der Waals surface area contributed by atoms with Gasteiger partial charge in [-0.15, -0.1) is 0 Å². The van der Waals surface area contributed by atoms with E-state index in [1.165, 1.54) is 28.9 Å². The van der Waals surface area contributed by atoms with Gasteiger partial charge in [0.15, 0.2) is 5.65 Å². The number of hydrogen-bond donors (Lipinski definition) is 2. The zero-order valence-corrected chi connectivity index (χ0v) is 22.1. The van der Waals surface area contributed by atoms with E-state index in [4.69, 9.17) is 0 Å². The van der Waals surface area contributed by atoms with Crippen molar-refractivity contribution in [3.05, 3.63) is 87.9 Å². The molecular weight excluding hydrogens is 518 g/mol. The van der Waals surface area contributed by atoms with E-state index in [1.807, 2.05) is 6.07 Å². The number of benzene rings is 2. The Kier molecular flexibility index (Phi) is 6.46. The van der Waals surface area contributed by atoms with Crippen LogP contribution in [0.3, 0.4) is 0 Å². The molecule has 0 saturated heterocycles. The lowest BCUT2D eigenvalue weighted by Gasteiger charge is -2.28. The average molecular weight is 547 g/mol. The molecule has 1 saturated carbocycles. The highest BCUT2D eigenvalue weighted by molar-refractivity contribution is 5.99. The first-order valence-corrected chi connectivity index (χ1v) is 13.2. The first-order valence-electron chi connectivity index (χ1n) is 13.2. The van der Waals surface area contributed by atoms with Crippen molar-refractivity contribution in [3.8, 4) is 11.1 Å². The van der Waals surface area contributed by atoms with Crippen LogP contribution in [0.25, 0.3) is 27.7 Å². The summed E-state index contributed by atoms with van der Waals surface area (Å²) in [6.45, 7) is 1.25. The van der Waals surface area contributed by atoms with Crippen LogP contribution in [0.2, 0.25) is 0 Å². The molecule has 1 aliphatic carbocycles. The van der Waals surface area contributed by atoms with Crippen LogP contribution in [0.1, 0.15) is 47.3 Å². The summed E-state index contributed by atoms with van der Waals surface area (Å²) in [5, 5.41) is 18.3. The van der Waals surface area contributed by atoms with Crippen LogP contribution in [-0.4, -0.2) is 46.9 Å². The molecular formula is C29H28F2N6O3. The smallest absolute Gasteiger partial charge is 0.334 e. The molecule has 5 aromatic rings. The number of aromatic nitrogens is 5. The van der Waals surface area contributed by atoms with E-state index in [-0.39, 0.29) is 16.8 Å². The zero-order valence-electron chi connectivity index (χ0n) is 22.1. The molecule has 2 N–H and O–H groups in total. The van der Waals surface area contributed by atoms with E-state index in [9.17, 15) is 14.7 Å². The fourth-order valence-electron chi connectivity index (χ4n) is 5.53. The summed E-state index contributed by atoms with van der Waals surface area (Å²) < 4.78 is 34.8. The van der Waals surface area contributed by atoms with Crippen LogP contribution in [0, 0.1) is 18.6 Å². The normalized spacial score (nSPS) is 17.5. The highest BCUT2D eigenvalue weighted by Crippen LogP contribution is 2.31. The molecule has 40 heavy (non-hydrogen) atoms. The summed E-state index contributed by atoms with van der Waals surface area (Å²) in [6, 6.07) is 7.42. The van der Waals surface area contributed by atoms with Crippen molar-refractivity contribution in [2.45, 2.75) is 51.3 Å². The van der Waals surface area contributed by atoms with Crippen LogP contribution >= 0.6 is 0 Å². The number of aryl methyl sites for hydroxylation is 2. The molecule has 9 nitrogen and oxygen atoms in total. The zero-order chi connectivity index (χ0) is 28.1. The van der Waals surface area contributed by atoms with E-state index >= 15 is 8.78 Å². The van der Waals surface area contributed by atoms with Gasteiger partial charge in [0, 0.05) is 36.6 Å². The molecule has 3 aromatic heterocycles. The number of imidazole rings is 1. The van der Waals surface area contributed by atoms with E-state index < -0.39 is 41.9 Å². The van der Waals surface area contributed by atoms with E-state index in [1.54, 1.807) is 37.0 Å². The van der Waals surface area contributed by atoms with Gasteiger partial charge in [-0.25, -0.2) is 18.6 Å². The lowest BCUT2D eigenvalue weighted by atomic mass is 9.92. The van der Waals surface area contributed by atoms with Crippen molar-refractivity contribution in [3.63, 3.8) is 0 Å². The monoisotopic (exact) mass is 546 g/mol. The molecule has 1 amide bonds. The Bertz CT molecular complexity index is 1820. The summed E-state index contributed by atoms with van der Waals surface area (Å²) in [5.74, 6) is -2.15. The molecule has 0 bridgehead atoms. The molecule has 11 heteroatoms. The van der Waals surface area contributed by atoms with Crippen LogP contribution in [0.4, 0.5) is 8.78 Å². The third kappa shape index (κ3) is 4.56. The lowest BCUT2D eigenvalue weighted by molar-refractivity contribution is 0.0717. The van der Waals surface area contributed by atoms with Gasteiger partial charge in [0.05, 0.1) is 35.5 Å². The predicted molar refractivity (Wildman–Crippen MR) is 145 cm³/mol. The molecule has 0 unspecified atom stereocenters. The Labute approximate surface area is 227 Å². The number of amides is 1. The van der Waals surface area contributed by atoms with E-state index in [2.05, 4.69) is 15.4 Å². The van der Waals surface area contributed by atoms with Crippen molar-refractivity contribution >= 4 is 22.5 Å². The number of carbonyl (C=O) groups is 1. The number of aliphatic hydroxyl groups is 1. The first kappa shape index (κ1) is 25.9. The van der Waals surface area contributed by atoms with Gasteiger partial charge in [0.2, 0.25) is 0 Å². The van der Waals surface area contributed by atoms with Gasteiger partial charge in [0.25, 0.3) is 5.91 Å². The quantitative estimate of drug-likeness (QED) is 0.350. The Balaban J connectivity index is 1.38. The predicted octanol–water partition coefficient (Wildman–Crippen LogP) is 3.72. The van der Waals surface area contributed by atoms with Crippen molar-refractivity contribution in [2.75, 3.05) is 0 Å². The van der Waals surface area contributed by atoms with Crippen molar-refractivity contribution in [1.29, 1.82) is 0 Å². The minimum atomic E-state index is -0.818. The topological polar surface area (TPSA) is 106 Å². The minimum Gasteiger partial charge on any atom is -0.391 e. The highest BCUT2D eigenvalue weighted by Gasteiger charge is 2.27. The second kappa shape index (κ2) is 9.98. The lowest BCUT2D eigenvalue weighted by Crippen LogP contribution is -2.45. The van der Waals surface area contributed by atoms with Crippen molar-refractivity contribution in [2.24, 2.45) is 7.05 Å². The molecule has 0 aliphatic heterocycles. The molecule has 1 aliphatic rings. The second-order valence-corrected chi connectivity index (χ2v) is 10.4. The molecule has 0 spiro atoms. The van der Waals surface area contributed by atoms with Crippen molar-refractivity contribution < 1.29 is 18.7 Å². The minimum absolute atomic E-state index is 0.0752. The van der Waals surface area contributed by atoms with Crippen LogP contribution < -0.4 is 11.0 Å². The maximum absolute atomic E-state index is 15.4. The van der Waals surface area contributed by atoms with Crippen LogP contribution in [0.5, 0.6) is 0 Å². The van der Waals surface area contributed by atoms with Gasteiger partial charge in [-0.05, 0) is 49.1 Å². The molecule has 206 valence electrons. The highest BCUT2D eigenvalue weighted by atomic mass is 19.1. The van der Waals surface area contributed by atoms with Crippen molar-refractivity contribution in [1.82, 2.24) is 29.0 Å². The number of halogens is 2. The summed E-state index contributed by atoms with van der Waals surface area (Å²) in [4.78, 5) is 30.9. The molecule has 2 atom stereocenters. The summed E-state index contributed by atoms with van der Waals surface area (Å²) in [6.07, 6.45) is 6.86. The van der Waals surface area contributed by atoms with Gasteiger partial charge >= 0.3 is 5.69 Å². The van der Waals surface area contributed by atoms with E-state index in [0.29, 0.717) is 35.2 Å². The number of rotatable bonds is 5. The number of carbonyl (C=O) groups excluding carboxylic acids is 1. The van der Waals surface area contributed by atoms with Gasteiger partial charge in [-0.3, -0.25) is 18.4 Å². The first-order chi connectivity index (χ1) is 19.2. The SMILES string of the molecule is Cc1cn2c(=O)n(Cc3c(F)cc(-c4cccc5nn(C)cc45)cc3F)cc(C(=O)N[C@H]3CCCC[C@@H]3O)c2n1. The summed E-state index contributed by atoms with van der Waals surface area (Å²) in [5.41, 5.74) is 1.50. The van der Waals surface area contributed by atoms with Gasteiger partial charge < -0.3 is 10.4 Å².